The summed E-state index contributed by atoms with van der Waals surface area (Å²) in [7, 11) is -4.33. The van der Waals surface area contributed by atoms with Crippen LogP contribution < -0.4 is 5.32 Å². The summed E-state index contributed by atoms with van der Waals surface area (Å²) >= 11 is 1.21. The minimum atomic E-state index is -4.33. The Kier molecular flexibility index (Phi) is 5.82. The van der Waals surface area contributed by atoms with E-state index in [9.17, 15) is 26.4 Å². The van der Waals surface area contributed by atoms with Crippen LogP contribution >= 0.6 is 11.8 Å². The first-order chi connectivity index (χ1) is 11.2. The number of sulfonamides is 1. The Labute approximate surface area is 142 Å². The summed E-state index contributed by atoms with van der Waals surface area (Å²) in [6.45, 7) is 3.65. The molecular formula is C14H17F3N2O3S2. The highest BCUT2D eigenvalue weighted by atomic mass is 32.2. The molecule has 0 saturated carbocycles. The summed E-state index contributed by atoms with van der Waals surface area (Å²) < 4.78 is 65.8. The standard InChI is InChI=1S/C14H17F3N2O3S2/c1-3-8(2)18-14(20)12-6-23-7-19(12)24(21,22)9-4-10(15)13(17)11(16)5-9/h4-5,8,12H,3,6-7H2,1-2H3,(H,18,20). The number of nitrogens with one attached hydrogen (secondary N) is 1. The van der Waals surface area contributed by atoms with E-state index in [0.29, 0.717) is 18.6 Å². The fraction of sp³-hybridized carbons (Fsp3) is 0.500. The van der Waals surface area contributed by atoms with E-state index >= 15 is 0 Å². The largest absolute Gasteiger partial charge is 0.352 e. The number of carbonyl (C=O) groups excluding carboxylic acids is 1. The Morgan fingerprint density at radius 2 is 1.96 bits per heavy atom. The lowest BCUT2D eigenvalue weighted by Crippen LogP contribution is -2.49. The molecule has 1 N–H and O–H groups in total. The fourth-order valence-electron chi connectivity index (χ4n) is 2.13. The number of nitrogens with zero attached hydrogens (tertiary/aromatic N) is 1. The van der Waals surface area contributed by atoms with Crippen LogP contribution in [0.25, 0.3) is 0 Å². The molecule has 5 nitrogen and oxygen atoms in total. The maximum absolute atomic E-state index is 13.3. The molecule has 0 aliphatic carbocycles. The lowest BCUT2D eigenvalue weighted by Gasteiger charge is -2.24. The normalized spacial score (nSPS) is 20.1. The van der Waals surface area contributed by atoms with Crippen molar-refractivity contribution in [3.8, 4) is 0 Å². The van der Waals surface area contributed by atoms with Gasteiger partial charge in [0.1, 0.15) is 6.04 Å². The van der Waals surface area contributed by atoms with Gasteiger partial charge in [-0.1, -0.05) is 6.92 Å². The van der Waals surface area contributed by atoms with Crippen LogP contribution in [0.1, 0.15) is 20.3 Å². The first-order valence-electron chi connectivity index (χ1n) is 7.23. The molecule has 0 aromatic heterocycles. The lowest BCUT2D eigenvalue weighted by molar-refractivity contribution is -0.124. The van der Waals surface area contributed by atoms with Gasteiger partial charge in [-0.3, -0.25) is 4.79 Å². The van der Waals surface area contributed by atoms with Crippen LogP contribution in [0.2, 0.25) is 0 Å². The number of carbonyl (C=O) groups is 1. The van der Waals surface area contributed by atoms with Gasteiger partial charge in [-0.05, 0) is 25.5 Å². The third kappa shape index (κ3) is 3.70. The van der Waals surface area contributed by atoms with Gasteiger partial charge in [-0.25, -0.2) is 21.6 Å². The molecule has 24 heavy (non-hydrogen) atoms. The van der Waals surface area contributed by atoms with Crippen molar-refractivity contribution in [1.29, 1.82) is 0 Å². The zero-order chi connectivity index (χ0) is 18.1. The quantitative estimate of drug-likeness (QED) is 0.792. The van der Waals surface area contributed by atoms with Crippen molar-refractivity contribution < 1.29 is 26.4 Å². The number of hydrogen-bond donors (Lipinski definition) is 1. The number of halogens is 3. The number of hydrogen-bond acceptors (Lipinski definition) is 4. The summed E-state index contributed by atoms with van der Waals surface area (Å²) in [5.74, 6) is -5.20. The third-order valence-electron chi connectivity index (χ3n) is 3.71. The van der Waals surface area contributed by atoms with E-state index in [1.54, 1.807) is 6.92 Å². The Morgan fingerprint density at radius 1 is 1.38 bits per heavy atom. The van der Waals surface area contributed by atoms with E-state index in [1.807, 2.05) is 6.92 Å². The van der Waals surface area contributed by atoms with Gasteiger partial charge in [0.05, 0.1) is 10.8 Å². The lowest BCUT2D eigenvalue weighted by atomic mass is 10.2. The number of amides is 1. The molecule has 2 atom stereocenters. The summed E-state index contributed by atoms with van der Waals surface area (Å²) in [5.41, 5.74) is 0. The average Bonchev–Trinajstić information content (AvgIpc) is 3.02. The van der Waals surface area contributed by atoms with Gasteiger partial charge in [0.2, 0.25) is 15.9 Å². The maximum atomic E-state index is 13.3. The average molecular weight is 382 g/mol. The van der Waals surface area contributed by atoms with Crippen LogP contribution in [-0.2, 0) is 14.8 Å². The molecule has 1 heterocycles. The second-order valence-corrected chi connectivity index (χ2v) is 8.32. The van der Waals surface area contributed by atoms with Crippen LogP contribution in [0.3, 0.4) is 0 Å². The third-order valence-corrected chi connectivity index (χ3v) is 6.72. The van der Waals surface area contributed by atoms with Gasteiger partial charge in [0.15, 0.2) is 17.5 Å². The summed E-state index contributed by atoms with van der Waals surface area (Å²) in [6.07, 6.45) is 0.673. The van der Waals surface area contributed by atoms with Crippen molar-refractivity contribution in [2.75, 3.05) is 11.6 Å². The van der Waals surface area contributed by atoms with Crippen molar-refractivity contribution in [2.24, 2.45) is 0 Å². The minimum Gasteiger partial charge on any atom is -0.352 e. The van der Waals surface area contributed by atoms with Gasteiger partial charge < -0.3 is 5.32 Å². The Balaban J connectivity index is 2.32. The van der Waals surface area contributed by atoms with E-state index in [0.717, 1.165) is 4.31 Å². The minimum absolute atomic E-state index is 0.0262. The van der Waals surface area contributed by atoms with Crippen LogP contribution in [0.15, 0.2) is 17.0 Å². The Bertz CT molecular complexity index is 720. The van der Waals surface area contributed by atoms with Gasteiger partial charge in [0, 0.05) is 11.8 Å². The molecule has 1 aliphatic heterocycles. The topological polar surface area (TPSA) is 66.5 Å². The predicted octanol–water partition coefficient (Wildman–Crippen LogP) is 2.08. The van der Waals surface area contributed by atoms with E-state index < -0.39 is 44.3 Å². The van der Waals surface area contributed by atoms with E-state index in [-0.39, 0.29) is 17.7 Å². The van der Waals surface area contributed by atoms with E-state index in [4.69, 9.17) is 0 Å². The first kappa shape index (κ1) is 19.1. The van der Waals surface area contributed by atoms with Crippen molar-refractivity contribution in [3.63, 3.8) is 0 Å². The van der Waals surface area contributed by atoms with E-state index in [1.165, 1.54) is 11.8 Å². The molecule has 1 saturated heterocycles. The molecule has 0 radical (unpaired) electrons. The number of thioether (sulfide) groups is 1. The molecule has 1 aromatic carbocycles. The highest BCUT2D eigenvalue weighted by Gasteiger charge is 2.40. The molecule has 10 heteroatoms. The molecule has 1 amide bonds. The van der Waals surface area contributed by atoms with Crippen LogP contribution in [0.5, 0.6) is 0 Å². The highest BCUT2D eigenvalue weighted by molar-refractivity contribution is 8.00. The van der Waals surface area contributed by atoms with E-state index in [2.05, 4.69) is 5.32 Å². The maximum Gasteiger partial charge on any atom is 0.244 e. The van der Waals surface area contributed by atoms with Gasteiger partial charge in [-0.2, -0.15) is 4.31 Å². The SMILES string of the molecule is CCC(C)NC(=O)C1CSCN1S(=O)(=O)c1cc(F)c(F)c(F)c1. The molecular weight excluding hydrogens is 365 g/mol. The Hall–Kier alpha value is -1.26. The van der Waals surface area contributed by atoms with Crippen molar-refractivity contribution >= 4 is 27.7 Å². The first-order valence-corrected chi connectivity index (χ1v) is 9.82. The molecule has 134 valence electrons. The smallest absolute Gasteiger partial charge is 0.244 e. The van der Waals surface area contributed by atoms with Crippen LogP contribution in [0.4, 0.5) is 13.2 Å². The highest BCUT2D eigenvalue weighted by Crippen LogP contribution is 2.29. The fourth-order valence-corrected chi connectivity index (χ4v) is 5.30. The van der Waals surface area contributed by atoms with Gasteiger partial charge in [0.25, 0.3) is 0 Å². The predicted molar refractivity (Wildman–Crippen MR) is 84.3 cm³/mol. The zero-order valence-corrected chi connectivity index (χ0v) is 14.7. The molecule has 2 unspecified atom stereocenters. The van der Waals surface area contributed by atoms with Gasteiger partial charge >= 0.3 is 0 Å². The second-order valence-electron chi connectivity index (χ2n) is 5.43. The molecule has 1 aromatic rings. The Morgan fingerprint density at radius 3 is 2.50 bits per heavy atom. The van der Waals surface area contributed by atoms with Crippen molar-refractivity contribution in [2.45, 2.75) is 37.2 Å². The zero-order valence-electron chi connectivity index (χ0n) is 13.1. The summed E-state index contributed by atoms with van der Waals surface area (Å²) in [4.78, 5) is 11.5. The molecule has 1 aliphatic rings. The summed E-state index contributed by atoms with van der Waals surface area (Å²) in [5, 5.41) is 2.69. The number of benzene rings is 1. The van der Waals surface area contributed by atoms with Crippen molar-refractivity contribution in [3.05, 3.63) is 29.6 Å². The van der Waals surface area contributed by atoms with Crippen LogP contribution in [0, 0.1) is 17.5 Å². The summed E-state index contributed by atoms with van der Waals surface area (Å²) in [6, 6.07) is -0.278. The molecule has 1 fully saturated rings. The number of rotatable bonds is 5. The molecule has 0 bridgehead atoms. The van der Waals surface area contributed by atoms with Crippen LogP contribution in [-0.4, -0.2) is 42.3 Å². The van der Waals surface area contributed by atoms with Gasteiger partial charge in [-0.15, -0.1) is 11.8 Å². The second kappa shape index (κ2) is 7.32. The molecule has 0 spiro atoms. The monoisotopic (exact) mass is 382 g/mol. The molecule has 2 rings (SSSR count). The van der Waals surface area contributed by atoms with Crippen molar-refractivity contribution in [1.82, 2.24) is 9.62 Å².